The van der Waals surface area contributed by atoms with Gasteiger partial charge in [0, 0.05) is 75.6 Å². The first-order valence-corrected chi connectivity index (χ1v) is 17.8. The maximum absolute atomic E-state index is 14.2. The SMILES string of the molecule is C#Cc1cc(C[C@@H](CC(=O)N2CCC(N3CCc4ccccc4NC3=O)CC2)C(=O)N2CCN(C3CCN(C)CC3)CC2)cc(Cl)c1N. The van der Waals surface area contributed by atoms with E-state index in [9.17, 15) is 14.4 Å². The molecule has 4 heterocycles. The van der Waals surface area contributed by atoms with Gasteiger partial charge in [-0.3, -0.25) is 14.5 Å². The number of halogens is 1. The number of amides is 4. The molecule has 0 aromatic heterocycles. The summed E-state index contributed by atoms with van der Waals surface area (Å²) in [6.07, 6.45) is 10.7. The molecule has 0 radical (unpaired) electrons. The van der Waals surface area contributed by atoms with Crippen molar-refractivity contribution in [1.82, 2.24) is 24.5 Å². The van der Waals surface area contributed by atoms with Crippen molar-refractivity contribution in [3.63, 3.8) is 0 Å². The molecule has 48 heavy (non-hydrogen) atoms. The Morgan fingerprint density at radius 3 is 2.35 bits per heavy atom. The molecular formula is C37H48ClN7O3. The molecular weight excluding hydrogens is 626 g/mol. The van der Waals surface area contributed by atoms with Crippen LogP contribution in [0.1, 0.15) is 48.8 Å². The Labute approximate surface area is 289 Å². The average molecular weight is 674 g/mol. The Kier molecular flexibility index (Phi) is 10.8. The van der Waals surface area contributed by atoms with Gasteiger partial charge in [-0.15, -0.1) is 6.42 Å². The van der Waals surface area contributed by atoms with E-state index in [0.717, 1.165) is 62.3 Å². The summed E-state index contributed by atoms with van der Waals surface area (Å²) in [5, 5.41) is 3.42. The Balaban J connectivity index is 1.10. The van der Waals surface area contributed by atoms with Crippen LogP contribution >= 0.6 is 11.6 Å². The van der Waals surface area contributed by atoms with Gasteiger partial charge in [0.2, 0.25) is 11.8 Å². The normalized spacial score (nSPS) is 20.9. The Morgan fingerprint density at radius 1 is 0.958 bits per heavy atom. The minimum Gasteiger partial charge on any atom is -0.397 e. The summed E-state index contributed by atoms with van der Waals surface area (Å²) in [4.78, 5) is 51.7. The molecule has 0 spiro atoms. The summed E-state index contributed by atoms with van der Waals surface area (Å²) < 4.78 is 0. The monoisotopic (exact) mass is 673 g/mol. The molecule has 4 aliphatic heterocycles. The first kappa shape index (κ1) is 34.1. The van der Waals surface area contributed by atoms with Gasteiger partial charge in [-0.25, -0.2) is 4.79 Å². The predicted molar refractivity (Wildman–Crippen MR) is 190 cm³/mol. The van der Waals surface area contributed by atoms with Crippen molar-refractivity contribution in [3.8, 4) is 12.3 Å². The number of nitrogen functional groups attached to an aromatic ring is 1. The van der Waals surface area contributed by atoms with Gasteiger partial charge < -0.3 is 30.7 Å². The molecule has 2 aromatic rings. The first-order chi connectivity index (χ1) is 23.2. The van der Waals surface area contributed by atoms with Crippen LogP contribution in [0.5, 0.6) is 0 Å². The number of piperazine rings is 1. The molecule has 3 fully saturated rings. The second-order valence-electron chi connectivity index (χ2n) is 13.8. The third-order valence-electron chi connectivity index (χ3n) is 10.8. The molecule has 1 atom stereocenters. The van der Waals surface area contributed by atoms with Crippen molar-refractivity contribution in [2.75, 3.05) is 77.0 Å². The number of nitrogens with zero attached hydrogens (tertiary/aromatic N) is 5. The number of benzene rings is 2. The van der Waals surface area contributed by atoms with Crippen molar-refractivity contribution in [3.05, 3.63) is 58.1 Å². The number of urea groups is 1. The number of anilines is 2. The van der Waals surface area contributed by atoms with Gasteiger partial charge in [0.1, 0.15) is 0 Å². The molecule has 0 saturated carbocycles. The highest BCUT2D eigenvalue weighted by atomic mass is 35.5. The largest absolute Gasteiger partial charge is 0.397 e. The fraction of sp³-hybridized carbons (Fsp3) is 0.541. The first-order valence-electron chi connectivity index (χ1n) is 17.4. The molecule has 2 aromatic carbocycles. The summed E-state index contributed by atoms with van der Waals surface area (Å²) in [5.41, 5.74) is 9.72. The molecule has 3 N–H and O–H groups in total. The van der Waals surface area contributed by atoms with Crippen molar-refractivity contribution >= 4 is 40.8 Å². The number of terminal acetylenes is 1. The number of carbonyl (C=O) groups excluding carboxylic acids is 3. The number of para-hydroxylation sites is 1. The molecule has 4 aliphatic rings. The van der Waals surface area contributed by atoms with Gasteiger partial charge in [-0.05, 0) is 88.0 Å². The van der Waals surface area contributed by atoms with Crippen LogP contribution in [-0.2, 0) is 22.4 Å². The number of rotatable bonds is 7. The van der Waals surface area contributed by atoms with Gasteiger partial charge in [0.05, 0.1) is 16.6 Å². The van der Waals surface area contributed by atoms with Crippen LogP contribution < -0.4 is 11.1 Å². The molecule has 0 unspecified atom stereocenters. The topological polar surface area (TPSA) is 105 Å². The second kappa shape index (κ2) is 15.2. The molecule has 0 bridgehead atoms. The molecule has 4 amide bonds. The highest BCUT2D eigenvalue weighted by Crippen LogP contribution is 2.29. The standard InChI is InChI=1S/C37H48ClN7O3/c1-3-27-22-26(24-32(38)35(27)39)23-29(36(47)44-20-18-42(19-21-44)30-9-13-41(2)14-10-30)25-34(46)43-15-11-31(12-16-43)45-17-8-28-6-4-5-7-33(28)40-37(45)48/h1,4-7,22,24,29-31H,8-21,23,25,39H2,2H3,(H,40,48)/t29-/m0/s1. The Morgan fingerprint density at radius 2 is 1.65 bits per heavy atom. The summed E-state index contributed by atoms with van der Waals surface area (Å²) in [6, 6.07) is 12.0. The van der Waals surface area contributed by atoms with Crippen LogP contribution in [0.15, 0.2) is 36.4 Å². The van der Waals surface area contributed by atoms with Gasteiger partial charge >= 0.3 is 6.03 Å². The van der Waals surface area contributed by atoms with Crippen molar-refractivity contribution < 1.29 is 14.4 Å². The number of nitrogens with one attached hydrogen (secondary N) is 1. The quantitative estimate of drug-likeness (QED) is 0.343. The number of fused-ring (bicyclic) bond motifs is 1. The number of hydrogen-bond donors (Lipinski definition) is 2. The van der Waals surface area contributed by atoms with Crippen LogP contribution in [0, 0.1) is 18.3 Å². The Hall–Kier alpha value is -3.78. The van der Waals surface area contributed by atoms with Gasteiger partial charge in [0.25, 0.3) is 0 Å². The summed E-state index contributed by atoms with van der Waals surface area (Å²) in [5.74, 6) is 2.00. The molecule has 6 rings (SSSR count). The lowest BCUT2D eigenvalue weighted by atomic mass is 9.92. The molecule has 256 valence electrons. The van der Waals surface area contributed by atoms with E-state index in [1.54, 1.807) is 12.1 Å². The smallest absolute Gasteiger partial charge is 0.322 e. The predicted octanol–water partition coefficient (Wildman–Crippen LogP) is 3.77. The lowest BCUT2D eigenvalue weighted by Crippen LogP contribution is -2.55. The lowest BCUT2D eigenvalue weighted by Gasteiger charge is -2.43. The molecule has 10 nitrogen and oxygen atoms in total. The third kappa shape index (κ3) is 7.75. The highest BCUT2D eigenvalue weighted by Gasteiger charge is 2.35. The van der Waals surface area contributed by atoms with E-state index < -0.39 is 5.92 Å². The van der Waals surface area contributed by atoms with E-state index >= 15 is 0 Å². The van der Waals surface area contributed by atoms with Gasteiger partial charge in [-0.1, -0.05) is 35.7 Å². The average Bonchev–Trinajstić information content (AvgIpc) is 3.27. The van der Waals surface area contributed by atoms with E-state index in [4.69, 9.17) is 23.8 Å². The molecule has 0 aliphatic carbocycles. The van der Waals surface area contributed by atoms with Gasteiger partial charge in [0.15, 0.2) is 0 Å². The number of carbonyl (C=O) groups is 3. The van der Waals surface area contributed by atoms with Crippen LogP contribution in [-0.4, -0.2) is 120 Å². The maximum Gasteiger partial charge on any atom is 0.322 e. The van der Waals surface area contributed by atoms with Crippen molar-refractivity contribution in [2.24, 2.45) is 5.92 Å². The zero-order valence-corrected chi connectivity index (χ0v) is 28.8. The summed E-state index contributed by atoms with van der Waals surface area (Å²) >= 11 is 6.43. The van der Waals surface area contributed by atoms with E-state index in [1.807, 2.05) is 32.9 Å². The number of piperidine rings is 2. The summed E-state index contributed by atoms with van der Waals surface area (Å²) in [6.45, 7) is 6.95. The third-order valence-corrected chi connectivity index (χ3v) is 11.1. The van der Waals surface area contributed by atoms with E-state index in [-0.39, 0.29) is 30.3 Å². The van der Waals surface area contributed by atoms with Crippen molar-refractivity contribution in [2.45, 2.75) is 57.0 Å². The van der Waals surface area contributed by atoms with E-state index in [0.29, 0.717) is 74.3 Å². The van der Waals surface area contributed by atoms with Crippen LogP contribution in [0.4, 0.5) is 16.2 Å². The zero-order valence-electron chi connectivity index (χ0n) is 28.0. The fourth-order valence-corrected chi connectivity index (χ4v) is 8.12. The van der Waals surface area contributed by atoms with E-state index in [1.165, 1.54) is 0 Å². The lowest BCUT2D eigenvalue weighted by molar-refractivity contribution is -0.143. The summed E-state index contributed by atoms with van der Waals surface area (Å²) in [7, 11) is 2.17. The van der Waals surface area contributed by atoms with Crippen molar-refractivity contribution in [1.29, 1.82) is 0 Å². The highest BCUT2D eigenvalue weighted by molar-refractivity contribution is 6.33. The zero-order chi connectivity index (χ0) is 33.8. The van der Waals surface area contributed by atoms with E-state index in [2.05, 4.69) is 34.2 Å². The second-order valence-corrected chi connectivity index (χ2v) is 14.2. The molecule has 3 saturated heterocycles. The number of likely N-dealkylation sites (tertiary alicyclic amines) is 2. The van der Waals surface area contributed by atoms with Gasteiger partial charge in [-0.2, -0.15) is 0 Å². The minimum atomic E-state index is -0.551. The van der Waals surface area contributed by atoms with Crippen LogP contribution in [0.25, 0.3) is 0 Å². The molecule has 11 heteroatoms. The fourth-order valence-electron chi connectivity index (χ4n) is 7.87. The number of nitrogens with two attached hydrogens (primary N) is 1. The Bertz CT molecular complexity index is 1540. The van der Waals surface area contributed by atoms with Crippen LogP contribution in [0.3, 0.4) is 0 Å². The van der Waals surface area contributed by atoms with Crippen LogP contribution in [0.2, 0.25) is 5.02 Å². The minimum absolute atomic E-state index is 0.00253. The maximum atomic E-state index is 14.2. The number of hydrogen-bond acceptors (Lipinski definition) is 6.